The summed E-state index contributed by atoms with van der Waals surface area (Å²) in [6.45, 7) is 17.3. The normalized spacial score (nSPS) is 11.2. The van der Waals surface area contributed by atoms with Crippen molar-refractivity contribution in [3.63, 3.8) is 0 Å². The fourth-order valence-corrected chi connectivity index (χ4v) is 7.09. The van der Waals surface area contributed by atoms with Crippen molar-refractivity contribution in [3.8, 4) is 23.0 Å². The van der Waals surface area contributed by atoms with E-state index in [0.717, 1.165) is 69.2 Å². The number of unbranched alkanes of at least 4 members (excludes halogenated alkanes) is 3. The number of hydrogen-bond donors (Lipinski definition) is 4. The summed E-state index contributed by atoms with van der Waals surface area (Å²) < 4.78 is 0. The summed E-state index contributed by atoms with van der Waals surface area (Å²) in [5.74, 6) is -5.19. The second-order valence-electron chi connectivity index (χ2n) is 15.0. The number of carbonyl (C=O) groups is 2. The maximum atomic E-state index is 11.3. The molecule has 0 spiro atoms. The number of benzene rings is 4. The molecule has 4 aromatic rings. The van der Waals surface area contributed by atoms with Crippen molar-refractivity contribution in [3.05, 3.63) is 105 Å². The fourth-order valence-electron chi connectivity index (χ4n) is 7.09. The maximum absolute atomic E-state index is 11.3. The molecule has 0 aromatic heterocycles. The number of hydrogen-bond acceptors (Lipinski definition) is 8. The summed E-state index contributed by atoms with van der Waals surface area (Å²) in [6, 6.07) is 18.9. The Kier molecular flexibility index (Phi) is 25.8. The molecule has 62 heavy (non-hydrogen) atoms. The first-order valence-corrected chi connectivity index (χ1v) is 22.1. The van der Waals surface area contributed by atoms with Crippen molar-refractivity contribution in [2.45, 2.75) is 152 Å². The Morgan fingerprint density at radius 3 is 1.16 bits per heavy atom. The van der Waals surface area contributed by atoms with Crippen LogP contribution in [0.3, 0.4) is 0 Å². The number of phenols is 2. The Hall–Kier alpha value is -5.15. The summed E-state index contributed by atoms with van der Waals surface area (Å²) in [5, 5.41) is 58.3. The molecule has 0 unspecified atom stereocenters. The molecule has 0 amide bonds. The van der Waals surface area contributed by atoms with Crippen LogP contribution in [-0.4, -0.2) is 43.8 Å². The molecule has 0 heterocycles. The van der Waals surface area contributed by atoms with Crippen molar-refractivity contribution in [1.82, 2.24) is 0 Å². The summed E-state index contributed by atoms with van der Waals surface area (Å²) in [7, 11) is 0. The third-order valence-electron chi connectivity index (χ3n) is 10.5. The van der Waals surface area contributed by atoms with Gasteiger partial charge in [-0.3, -0.25) is 9.98 Å². The van der Waals surface area contributed by atoms with Gasteiger partial charge in [-0.05, 0) is 134 Å². The van der Waals surface area contributed by atoms with E-state index < -0.39 is 34.9 Å². The van der Waals surface area contributed by atoms with E-state index in [4.69, 9.17) is 30.4 Å². The predicted molar refractivity (Wildman–Crippen MR) is 245 cm³/mol. The van der Waals surface area contributed by atoms with Gasteiger partial charge in [-0.25, -0.2) is 9.59 Å². The quantitative estimate of drug-likeness (QED) is 0.0383. The zero-order chi connectivity index (χ0) is 45.5. The van der Waals surface area contributed by atoms with Crippen LogP contribution in [-0.2, 0) is 55.0 Å². The Labute approximate surface area is 379 Å². The average Bonchev–Trinajstić information content (AvgIpc) is 3.25. The summed E-state index contributed by atoms with van der Waals surface area (Å²) in [5.41, 5.74) is 10.5. The van der Waals surface area contributed by atoms with E-state index in [1.807, 2.05) is 13.8 Å². The predicted octanol–water partition coefficient (Wildman–Crippen LogP) is 11.8. The summed E-state index contributed by atoms with van der Waals surface area (Å²) >= 11 is 0. The van der Waals surface area contributed by atoms with E-state index in [-0.39, 0.29) is 27.6 Å². The molecular weight excluding hydrogens is 827 g/mol. The van der Waals surface area contributed by atoms with Crippen molar-refractivity contribution in [2.24, 2.45) is 9.98 Å². The molecule has 0 aliphatic heterocycles. The van der Waals surface area contributed by atoms with Crippen LogP contribution < -0.4 is 10.2 Å². The van der Waals surface area contributed by atoms with E-state index in [0.29, 0.717) is 24.0 Å². The number of rotatable bonds is 20. The average molecular weight is 896 g/mol. The van der Waals surface area contributed by atoms with Gasteiger partial charge < -0.3 is 30.6 Å². The molecule has 0 atom stereocenters. The minimum absolute atomic E-state index is 0. The van der Waals surface area contributed by atoms with Crippen LogP contribution in [0.25, 0.3) is 0 Å². The smallest absolute Gasteiger partial charge is 0.869 e. The number of carboxylic acid groups (broad SMARTS) is 2. The number of phenolic OH excluding ortho intramolecular Hbond substituents is 2. The van der Waals surface area contributed by atoms with Gasteiger partial charge in [0.2, 0.25) is 0 Å². The molecule has 11 heteroatoms. The van der Waals surface area contributed by atoms with E-state index >= 15 is 0 Å². The Balaban J connectivity index is 0.000000544. The minimum atomic E-state index is -1.28. The zero-order valence-corrected chi connectivity index (χ0v) is 39.0. The second kappa shape index (κ2) is 29.2. The molecule has 0 radical (unpaired) electrons. The van der Waals surface area contributed by atoms with Crippen molar-refractivity contribution in [2.75, 3.05) is 0 Å². The molecule has 0 bridgehead atoms. The van der Waals surface area contributed by atoms with Crippen molar-refractivity contribution < 1.29 is 56.7 Å². The topological polar surface area (TPSA) is 186 Å². The number of aromatic hydroxyl groups is 2. The molecule has 4 aromatic carbocycles. The van der Waals surface area contributed by atoms with Gasteiger partial charge >= 0.3 is 28.4 Å². The Morgan fingerprint density at radius 1 is 0.484 bits per heavy atom. The number of aliphatic imine (C=N–C) groups is 2. The zero-order valence-electron chi connectivity index (χ0n) is 38.0. The monoisotopic (exact) mass is 894 g/mol. The van der Waals surface area contributed by atoms with Gasteiger partial charge in [-0.1, -0.05) is 123 Å². The van der Waals surface area contributed by atoms with Gasteiger partial charge in [-0.15, -0.1) is 0 Å². The Morgan fingerprint density at radius 2 is 0.839 bits per heavy atom. The Bertz CT molecular complexity index is 2020. The molecule has 0 fully saturated rings. The first kappa shape index (κ1) is 54.9. The van der Waals surface area contributed by atoms with E-state index in [1.54, 1.807) is 0 Å². The minimum Gasteiger partial charge on any atom is -0.869 e. The van der Waals surface area contributed by atoms with E-state index in [1.165, 1.54) is 83.6 Å². The van der Waals surface area contributed by atoms with Crippen LogP contribution >= 0.6 is 0 Å². The van der Waals surface area contributed by atoms with Crippen molar-refractivity contribution in [1.29, 1.82) is 0 Å². The van der Waals surface area contributed by atoms with Gasteiger partial charge in [0, 0.05) is 0 Å². The molecule has 4 rings (SSSR count). The fraction of sp³-hybridized carbons (Fsp3) is 0.451. The SMILES string of the molecule is CCCCCC(=Nc1ccc(CC)c(CC)c1)C(CCCC)=Nc1ccc(CC)c(CC)c1.CCCc1ccc(O)c([O-])c1C(=O)O.CCCc1ccc(O)c([O-])c1C(=O)O.[Ni+2]. The summed E-state index contributed by atoms with van der Waals surface area (Å²) in [4.78, 5) is 32.0. The second-order valence-corrected chi connectivity index (χ2v) is 15.0. The molecule has 340 valence electrons. The van der Waals surface area contributed by atoms with E-state index in [9.17, 15) is 19.8 Å². The third kappa shape index (κ3) is 16.6. The van der Waals surface area contributed by atoms with Crippen LogP contribution in [0.4, 0.5) is 11.4 Å². The first-order chi connectivity index (χ1) is 29.2. The number of carboxylic acids is 2. The van der Waals surface area contributed by atoms with E-state index in [2.05, 4.69) is 77.9 Å². The van der Waals surface area contributed by atoms with Crippen LogP contribution in [0.5, 0.6) is 23.0 Å². The molecule has 0 aliphatic rings. The standard InChI is InChI=1S/C31H46N2.2C10H12O4.Ni/c1-7-13-15-17-31(33-29-21-19-25(10-4)27(12-6)23-29)30(16-14-8-2)32-28-20-18-24(9-3)26(11-5)22-28;2*1-2-3-6-4-5-7(11)9(12)8(6)10(13)14;/h18-23H,7-17H2,1-6H3;2*4-5,11-12H,2-3H2,1H3,(H,13,14);/q;;;+2/p-2. The van der Waals surface area contributed by atoms with Gasteiger partial charge in [0.1, 0.15) is 11.5 Å². The van der Waals surface area contributed by atoms with Gasteiger partial charge in [0.25, 0.3) is 0 Å². The van der Waals surface area contributed by atoms with Crippen LogP contribution in [0.1, 0.15) is 167 Å². The molecular formula is C51H68N2NiO8. The molecule has 0 aliphatic carbocycles. The number of nitrogens with zero attached hydrogens (tertiary/aromatic N) is 2. The van der Waals surface area contributed by atoms with Crippen LogP contribution in [0.15, 0.2) is 70.6 Å². The largest absolute Gasteiger partial charge is 2.00 e. The molecule has 0 saturated heterocycles. The molecule has 0 saturated carbocycles. The van der Waals surface area contributed by atoms with Gasteiger partial charge in [-0.2, -0.15) is 0 Å². The van der Waals surface area contributed by atoms with Gasteiger partial charge in [0.05, 0.1) is 33.9 Å². The summed E-state index contributed by atoms with van der Waals surface area (Å²) in [6.07, 6.45) is 14.8. The first-order valence-electron chi connectivity index (χ1n) is 22.1. The maximum Gasteiger partial charge on any atom is 2.00 e. The molecule has 10 nitrogen and oxygen atoms in total. The number of aromatic carboxylic acids is 2. The molecule has 4 N–H and O–H groups in total. The van der Waals surface area contributed by atoms with Crippen molar-refractivity contribution >= 4 is 34.7 Å². The third-order valence-corrected chi connectivity index (χ3v) is 10.5. The number of aryl methyl sites for hydroxylation is 6. The van der Waals surface area contributed by atoms with Gasteiger partial charge in [0.15, 0.2) is 0 Å². The van der Waals surface area contributed by atoms with Crippen LogP contribution in [0, 0.1) is 0 Å². The van der Waals surface area contributed by atoms with Crippen LogP contribution in [0.2, 0.25) is 0 Å².